The van der Waals surface area contributed by atoms with Crippen molar-refractivity contribution in [2.75, 3.05) is 5.75 Å². The molecule has 0 saturated carbocycles. The number of rotatable bonds is 5. The van der Waals surface area contributed by atoms with Gasteiger partial charge in [-0.05, 0) is 12.0 Å². The minimum Gasteiger partial charge on any atom is -0.481 e. The molecule has 0 atom stereocenters. The summed E-state index contributed by atoms with van der Waals surface area (Å²) in [5.74, 6) is -0.232. The molecule has 0 spiro atoms. The highest BCUT2D eigenvalue weighted by Crippen LogP contribution is 2.27. The number of carboxylic acids is 1. The van der Waals surface area contributed by atoms with Gasteiger partial charge in [0.15, 0.2) is 0 Å². The second-order valence-electron chi connectivity index (χ2n) is 5.88. The van der Waals surface area contributed by atoms with Crippen molar-refractivity contribution in [3.63, 3.8) is 0 Å². The molecule has 0 aliphatic carbocycles. The van der Waals surface area contributed by atoms with Gasteiger partial charge in [-0.3, -0.25) is 9.48 Å². The third-order valence-electron chi connectivity index (χ3n) is 2.39. The van der Waals surface area contributed by atoms with Gasteiger partial charge in [-0.1, -0.05) is 46.4 Å². The standard InChI is InChI=1S/C13H22N2O2S/c1-9(2)7-15-11(18-8-12(16)17)6-10(14-15)13(3,4)5/h6,9H,7-8H2,1-5H3,(H,16,17). The summed E-state index contributed by atoms with van der Waals surface area (Å²) in [6.45, 7) is 11.4. The predicted molar refractivity (Wildman–Crippen MR) is 74.1 cm³/mol. The molecule has 0 unspecified atom stereocenters. The van der Waals surface area contributed by atoms with E-state index in [1.165, 1.54) is 11.8 Å². The normalized spacial score (nSPS) is 12.1. The van der Waals surface area contributed by atoms with Crippen LogP contribution in [0.5, 0.6) is 0 Å². The average Bonchev–Trinajstić information content (AvgIpc) is 2.56. The summed E-state index contributed by atoms with van der Waals surface area (Å²) < 4.78 is 1.93. The van der Waals surface area contributed by atoms with E-state index < -0.39 is 5.97 Å². The summed E-state index contributed by atoms with van der Waals surface area (Å²) in [6.07, 6.45) is 0. The zero-order valence-electron chi connectivity index (χ0n) is 11.7. The van der Waals surface area contributed by atoms with Gasteiger partial charge in [-0.2, -0.15) is 5.10 Å². The highest BCUT2D eigenvalue weighted by atomic mass is 32.2. The second-order valence-corrected chi connectivity index (χ2v) is 6.87. The Morgan fingerprint density at radius 2 is 2.11 bits per heavy atom. The summed E-state index contributed by atoms with van der Waals surface area (Å²) >= 11 is 1.33. The number of aliphatic carboxylic acids is 1. The van der Waals surface area contributed by atoms with Gasteiger partial charge in [-0.25, -0.2) is 0 Å². The van der Waals surface area contributed by atoms with Crippen LogP contribution in [0.1, 0.15) is 40.3 Å². The number of nitrogens with zero attached hydrogens (tertiary/aromatic N) is 2. The van der Waals surface area contributed by atoms with Gasteiger partial charge in [-0.15, -0.1) is 0 Å². The number of carbonyl (C=O) groups is 1. The van der Waals surface area contributed by atoms with Crippen LogP contribution in [0, 0.1) is 5.92 Å². The molecule has 1 rings (SSSR count). The van der Waals surface area contributed by atoms with Crippen molar-refractivity contribution in [3.05, 3.63) is 11.8 Å². The summed E-state index contributed by atoms with van der Waals surface area (Å²) in [5, 5.41) is 14.3. The van der Waals surface area contributed by atoms with Gasteiger partial charge in [0.1, 0.15) is 0 Å². The molecule has 0 fully saturated rings. The molecular formula is C13H22N2O2S. The maximum atomic E-state index is 10.7. The number of aromatic nitrogens is 2. The molecule has 0 aliphatic rings. The highest BCUT2D eigenvalue weighted by molar-refractivity contribution is 7.99. The quantitative estimate of drug-likeness (QED) is 0.836. The largest absolute Gasteiger partial charge is 0.481 e. The van der Waals surface area contributed by atoms with Crippen LogP contribution < -0.4 is 0 Å². The Morgan fingerprint density at radius 1 is 1.50 bits per heavy atom. The number of hydrogen-bond acceptors (Lipinski definition) is 3. The Labute approximate surface area is 113 Å². The number of thioether (sulfide) groups is 1. The van der Waals surface area contributed by atoms with E-state index in [0.717, 1.165) is 17.3 Å². The molecule has 4 nitrogen and oxygen atoms in total. The molecule has 1 aromatic heterocycles. The fourth-order valence-electron chi connectivity index (χ4n) is 1.49. The molecule has 5 heteroatoms. The molecule has 0 aromatic carbocycles. The monoisotopic (exact) mass is 270 g/mol. The second kappa shape index (κ2) is 5.78. The Hall–Kier alpha value is -0.970. The zero-order valence-corrected chi connectivity index (χ0v) is 12.5. The van der Waals surface area contributed by atoms with Gasteiger partial charge >= 0.3 is 5.97 Å². The van der Waals surface area contributed by atoms with E-state index >= 15 is 0 Å². The van der Waals surface area contributed by atoms with Crippen LogP contribution in [0.2, 0.25) is 0 Å². The molecule has 1 heterocycles. The van der Waals surface area contributed by atoms with Crippen LogP contribution in [0.15, 0.2) is 11.1 Å². The average molecular weight is 270 g/mol. The highest BCUT2D eigenvalue weighted by Gasteiger charge is 2.20. The SMILES string of the molecule is CC(C)Cn1nc(C(C)(C)C)cc1SCC(=O)O. The summed E-state index contributed by atoms with van der Waals surface area (Å²) in [7, 11) is 0. The van der Waals surface area contributed by atoms with Crippen LogP contribution >= 0.6 is 11.8 Å². The summed E-state index contributed by atoms with van der Waals surface area (Å²) in [6, 6.07) is 2.01. The lowest BCUT2D eigenvalue weighted by Gasteiger charge is -2.14. The molecule has 1 N–H and O–H groups in total. The van der Waals surface area contributed by atoms with Crippen molar-refractivity contribution in [1.82, 2.24) is 9.78 Å². The van der Waals surface area contributed by atoms with Gasteiger partial charge < -0.3 is 5.11 Å². The minimum atomic E-state index is -0.797. The molecule has 0 aliphatic heterocycles. The molecule has 102 valence electrons. The van der Waals surface area contributed by atoms with Gasteiger partial charge in [0, 0.05) is 12.0 Å². The van der Waals surface area contributed by atoms with E-state index in [1.807, 2.05) is 10.7 Å². The number of carboxylic acid groups (broad SMARTS) is 1. The molecule has 0 amide bonds. The van der Waals surface area contributed by atoms with Crippen molar-refractivity contribution in [1.29, 1.82) is 0 Å². The topological polar surface area (TPSA) is 55.1 Å². The first-order valence-corrected chi connectivity index (χ1v) is 7.11. The van der Waals surface area contributed by atoms with Crippen LogP contribution in [0.4, 0.5) is 0 Å². The van der Waals surface area contributed by atoms with Gasteiger partial charge in [0.2, 0.25) is 0 Å². The predicted octanol–water partition coefficient (Wildman–Crippen LogP) is 3.01. The maximum Gasteiger partial charge on any atom is 0.313 e. The number of hydrogen-bond donors (Lipinski definition) is 1. The molecule has 18 heavy (non-hydrogen) atoms. The van der Waals surface area contributed by atoms with Crippen LogP contribution in [0.3, 0.4) is 0 Å². The van der Waals surface area contributed by atoms with Crippen molar-refractivity contribution < 1.29 is 9.90 Å². The Bertz CT molecular complexity index is 419. The Balaban J connectivity index is 2.97. The van der Waals surface area contributed by atoms with E-state index in [2.05, 4.69) is 39.7 Å². The minimum absolute atomic E-state index is 0.0131. The van der Waals surface area contributed by atoms with E-state index in [9.17, 15) is 4.79 Å². The molecule has 0 radical (unpaired) electrons. The lowest BCUT2D eigenvalue weighted by atomic mass is 9.93. The Morgan fingerprint density at radius 3 is 2.56 bits per heavy atom. The van der Waals surface area contributed by atoms with Crippen molar-refractivity contribution in [2.24, 2.45) is 5.92 Å². The van der Waals surface area contributed by atoms with E-state index in [0.29, 0.717) is 5.92 Å². The first-order valence-electron chi connectivity index (χ1n) is 6.13. The first-order chi connectivity index (χ1) is 8.20. The fourth-order valence-corrected chi connectivity index (χ4v) is 2.23. The van der Waals surface area contributed by atoms with E-state index in [-0.39, 0.29) is 11.2 Å². The third-order valence-corrected chi connectivity index (χ3v) is 3.41. The summed E-state index contributed by atoms with van der Waals surface area (Å²) in [5.41, 5.74) is 0.997. The van der Waals surface area contributed by atoms with Crippen LogP contribution in [-0.4, -0.2) is 26.6 Å². The maximum absolute atomic E-state index is 10.7. The zero-order chi connectivity index (χ0) is 13.9. The smallest absolute Gasteiger partial charge is 0.313 e. The lowest BCUT2D eigenvalue weighted by molar-refractivity contribution is -0.133. The van der Waals surface area contributed by atoms with Crippen LogP contribution in [0.25, 0.3) is 0 Å². The van der Waals surface area contributed by atoms with Gasteiger partial charge in [0.05, 0.1) is 16.5 Å². The molecule has 0 bridgehead atoms. The van der Waals surface area contributed by atoms with Crippen molar-refractivity contribution in [2.45, 2.75) is 51.6 Å². The van der Waals surface area contributed by atoms with Gasteiger partial charge in [0.25, 0.3) is 0 Å². The summed E-state index contributed by atoms with van der Waals surface area (Å²) in [4.78, 5) is 10.7. The first kappa shape index (κ1) is 15.1. The fraction of sp³-hybridized carbons (Fsp3) is 0.692. The van der Waals surface area contributed by atoms with E-state index in [4.69, 9.17) is 5.11 Å². The van der Waals surface area contributed by atoms with Crippen LogP contribution in [-0.2, 0) is 16.8 Å². The van der Waals surface area contributed by atoms with Crippen molar-refractivity contribution >= 4 is 17.7 Å². The van der Waals surface area contributed by atoms with E-state index in [1.54, 1.807) is 0 Å². The molecule has 1 aromatic rings. The third kappa shape index (κ3) is 4.37. The Kier molecular flexibility index (Phi) is 4.85. The molecule has 0 saturated heterocycles. The molecular weight excluding hydrogens is 248 g/mol. The van der Waals surface area contributed by atoms with Crippen molar-refractivity contribution in [3.8, 4) is 0 Å². The lowest BCUT2D eigenvalue weighted by Crippen LogP contribution is -2.14.